The summed E-state index contributed by atoms with van der Waals surface area (Å²) in [5.74, 6) is -15.3. The second-order valence-corrected chi connectivity index (χ2v) is 28.8. The molecule has 0 radical (unpaired) electrons. The highest BCUT2D eigenvalue weighted by molar-refractivity contribution is 6.01. The van der Waals surface area contributed by atoms with Gasteiger partial charge in [-0.2, -0.15) is 26.3 Å². The van der Waals surface area contributed by atoms with Gasteiger partial charge >= 0.3 is 12.4 Å². The Morgan fingerprint density at radius 1 is 0.663 bits per heavy atom. The van der Waals surface area contributed by atoms with Crippen LogP contribution in [0.2, 0.25) is 0 Å². The zero-order valence-corrected chi connectivity index (χ0v) is 61.1. The van der Waals surface area contributed by atoms with Crippen LogP contribution in [-0.4, -0.2) is 251 Å². The van der Waals surface area contributed by atoms with Crippen molar-refractivity contribution in [2.24, 2.45) is 17.8 Å². The van der Waals surface area contributed by atoms with Crippen LogP contribution in [0.1, 0.15) is 140 Å². The SMILES string of the molecule is CC[C@H](C)[C@@H]1NC(=O)[C@H](CC)N(C)C(=O)C[C@@H](C(=O)N(C)C)N(C)C(=O)[C@H](C2CCCC2)N(C)C(=O)C2(CCC2)NC(=O)[C@@H]2C[C@H](C)CN2C(=O)[C@H](CCc2cc(F)c(C(F)(F)F)c(F)c2)NC(=O)CN(C)C(=O)[C@H](Cc2ccc(C(F)(F)F)cc2)N2CC/C=C\C[C@@H](C2=O)N(C)C(=O)CN(C)C1=O. The molecular weight excluding hydrogens is 1380 g/mol. The van der Waals surface area contributed by atoms with Gasteiger partial charge in [0.2, 0.25) is 70.9 Å². The van der Waals surface area contributed by atoms with Gasteiger partial charge in [0.05, 0.1) is 25.1 Å². The van der Waals surface area contributed by atoms with Gasteiger partial charge in [0, 0.05) is 75.9 Å². The first-order chi connectivity index (χ1) is 48.7. The van der Waals surface area contributed by atoms with Crippen LogP contribution in [-0.2, 0) is 82.7 Å². The van der Waals surface area contributed by atoms with Gasteiger partial charge in [0.15, 0.2) is 0 Å². The van der Waals surface area contributed by atoms with Crippen molar-refractivity contribution >= 4 is 70.9 Å². The largest absolute Gasteiger partial charge is 0.422 e. The number of likely N-dealkylation sites (N-methyl/N-ethyl adjacent to an activating group) is 7. The molecule has 104 heavy (non-hydrogen) atoms. The summed E-state index contributed by atoms with van der Waals surface area (Å²) in [6.07, 6.45) is -6.15. The lowest BCUT2D eigenvalue weighted by Gasteiger charge is -2.46. The fraction of sp³-hybridized carbons (Fsp3) is 0.639. The van der Waals surface area contributed by atoms with Gasteiger partial charge in [-0.1, -0.05) is 71.2 Å². The van der Waals surface area contributed by atoms with E-state index in [1.165, 1.54) is 59.1 Å². The summed E-state index contributed by atoms with van der Waals surface area (Å²) in [7, 11) is 10.6. The standard InChI is InChI=1S/C72H98F8N12O12/c1-13-42(4)59-67(102)86(8)40-57(95)88(10)51-23-16-15-19-32-91(66(51)101)54(36-43-24-27-46(28-25-43)71(75,76)77)65(100)85(7)39-55(93)81-49(29-26-44-34-47(73)58(48(74)35-44)72(78,79)80)63(98)92-38-41(3)33-52(92)62(97)83-70(30-20-31-70)69(104)90(12)60(45-21-17-18-22-45)68(103)89(11)53(64(99)84(5)6)37-56(94)87(9)50(14-2)61(96)82-59/h15-16,24-25,27-28,34-35,41-42,45,49-54,59-60H,13-14,17-23,26,29-33,36-40H2,1-12H3,(H,81,93)(H,82,96)(H,83,97)/b16-15-/t41-,42-,49-,50-,51-,52-,53-,54-,59-,60-/m0/s1. The molecule has 0 aromatic heterocycles. The number of nitrogens with one attached hydrogen (secondary N) is 3. The highest BCUT2D eigenvalue weighted by Gasteiger charge is 2.54. The number of halogens is 8. The molecule has 3 N–H and O–H groups in total. The zero-order valence-electron chi connectivity index (χ0n) is 61.1. The minimum atomic E-state index is -5.44. The van der Waals surface area contributed by atoms with Crippen molar-refractivity contribution in [1.29, 1.82) is 0 Å². The Labute approximate surface area is 600 Å². The smallest absolute Gasteiger partial charge is 0.347 e. The van der Waals surface area contributed by atoms with E-state index in [-0.39, 0.29) is 62.7 Å². The number of fused-ring (bicyclic) bond motifs is 3. The Balaban J connectivity index is 1.32. The van der Waals surface area contributed by atoms with Gasteiger partial charge in [-0.15, -0.1) is 0 Å². The molecule has 7 rings (SSSR count). The molecular formula is C72H98F8N12O12. The number of hydrogen-bond acceptors (Lipinski definition) is 12. The molecule has 1 spiro atoms. The molecule has 32 heteroatoms. The number of alkyl halides is 6. The van der Waals surface area contributed by atoms with Gasteiger partial charge < -0.3 is 60.0 Å². The maximum absolute atomic E-state index is 15.4. The highest BCUT2D eigenvalue weighted by Crippen LogP contribution is 2.40. The minimum Gasteiger partial charge on any atom is -0.347 e. The molecule has 3 aliphatic heterocycles. The predicted octanol–water partition coefficient (Wildman–Crippen LogP) is 5.33. The van der Waals surface area contributed by atoms with E-state index in [1.54, 1.807) is 39.8 Å². The van der Waals surface area contributed by atoms with E-state index in [0.717, 1.165) is 65.6 Å². The lowest BCUT2D eigenvalue weighted by atomic mass is 9.74. The lowest BCUT2D eigenvalue weighted by Crippen LogP contribution is -2.68. The molecule has 2 aliphatic carbocycles. The van der Waals surface area contributed by atoms with Gasteiger partial charge in [-0.3, -0.25) is 57.5 Å². The molecule has 4 fully saturated rings. The normalized spacial score (nSPS) is 26.6. The van der Waals surface area contributed by atoms with Crippen molar-refractivity contribution in [3.05, 3.63) is 82.4 Å². The van der Waals surface area contributed by atoms with Gasteiger partial charge in [0.1, 0.15) is 71.1 Å². The van der Waals surface area contributed by atoms with Crippen LogP contribution in [0.3, 0.4) is 0 Å². The topological polar surface area (TPSA) is 270 Å². The van der Waals surface area contributed by atoms with E-state index in [0.29, 0.717) is 50.7 Å². The maximum atomic E-state index is 15.4. The average molecular weight is 1480 g/mol. The van der Waals surface area contributed by atoms with Gasteiger partial charge in [0.25, 0.3) is 0 Å². The molecule has 0 unspecified atom stereocenters. The number of aryl methyl sites for hydroxylation is 1. The quantitative estimate of drug-likeness (QED) is 0.201. The third kappa shape index (κ3) is 19.0. The van der Waals surface area contributed by atoms with Crippen LogP contribution in [0.5, 0.6) is 0 Å². The van der Waals surface area contributed by atoms with Crippen LogP contribution in [0.25, 0.3) is 0 Å². The summed E-state index contributed by atoms with van der Waals surface area (Å²) < 4.78 is 113. The molecule has 5 aliphatic rings. The Hall–Kier alpha value is -8.74. The molecule has 12 amide bonds. The summed E-state index contributed by atoms with van der Waals surface area (Å²) in [4.78, 5) is 189. The molecule has 2 bridgehead atoms. The second kappa shape index (κ2) is 34.5. The number of amides is 12. The van der Waals surface area contributed by atoms with Crippen molar-refractivity contribution in [1.82, 2.24) is 60.0 Å². The average Bonchev–Trinajstić information content (AvgIpc) is 1.16. The van der Waals surface area contributed by atoms with E-state index in [1.807, 2.05) is 0 Å². The Kier molecular flexibility index (Phi) is 27.3. The molecule has 2 aromatic rings. The van der Waals surface area contributed by atoms with Crippen LogP contribution in [0.4, 0.5) is 35.1 Å². The molecule has 2 saturated carbocycles. The Bertz CT molecular complexity index is 3540. The van der Waals surface area contributed by atoms with E-state index in [2.05, 4.69) is 16.0 Å². The number of benzene rings is 2. The summed E-state index contributed by atoms with van der Waals surface area (Å²) in [6.45, 7) is 4.75. The Morgan fingerprint density at radius 2 is 1.28 bits per heavy atom. The highest BCUT2D eigenvalue weighted by atomic mass is 19.4. The minimum absolute atomic E-state index is 0.0102. The number of rotatable bonds is 10. The first-order valence-corrected chi connectivity index (χ1v) is 35.3. The summed E-state index contributed by atoms with van der Waals surface area (Å²) in [6, 6.07) is -7.01. The van der Waals surface area contributed by atoms with E-state index < -0.39 is 216 Å². The van der Waals surface area contributed by atoms with E-state index >= 15 is 37.5 Å². The van der Waals surface area contributed by atoms with Crippen LogP contribution < -0.4 is 16.0 Å². The number of hydrogen-bond donors (Lipinski definition) is 3. The summed E-state index contributed by atoms with van der Waals surface area (Å²) >= 11 is 0. The number of nitrogens with zero attached hydrogens (tertiary/aromatic N) is 9. The Morgan fingerprint density at radius 3 is 1.84 bits per heavy atom. The van der Waals surface area contributed by atoms with Crippen LogP contribution in [0, 0.1) is 29.4 Å². The van der Waals surface area contributed by atoms with Crippen molar-refractivity contribution in [3.63, 3.8) is 0 Å². The molecule has 24 nitrogen and oxygen atoms in total. The lowest BCUT2D eigenvalue weighted by molar-refractivity contribution is -0.157. The molecule has 10 atom stereocenters. The van der Waals surface area contributed by atoms with Crippen molar-refractivity contribution in [3.8, 4) is 0 Å². The zero-order chi connectivity index (χ0) is 77.4. The third-order valence-corrected chi connectivity index (χ3v) is 21.3. The number of carbonyl (C=O) groups excluding carboxylic acids is 12. The van der Waals surface area contributed by atoms with Gasteiger partial charge in [-0.25, -0.2) is 8.78 Å². The molecule has 3 heterocycles. The maximum Gasteiger partial charge on any atom is 0.422 e. The third-order valence-electron chi connectivity index (χ3n) is 21.3. The second-order valence-electron chi connectivity index (χ2n) is 28.8. The molecule has 2 aromatic carbocycles. The first-order valence-electron chi connectivity index (χ1n) is 35.3. The molecule has 574 valence electrons. The monoisotopic (exact) mass is 1470 g/mol. The fourth-order valence-electron chi connectivity index (χ4n) is 14.7. The summed E-state index contributed by atoms with van der Waals surface area (Å²) in [5.41, 5.74) is -5.16. The van der Waals surface area contributed by atoms with Crippen molar-refractivity contribution in [2.45, 2.75) is 197 Å². The number of carbonyl (C=O) groups is 12. The van der Waals surface area contributed by atoms with Crippen molar-refractivity contribution in [2.75, 3.05) is 82.6 Å². The van der Waals surface area contributed by atoms with E-state index in [4.69, 9.17) is 0 Å². The van der Waals surface area contributed by atoms with Crippen molar-refractivity contribution < 1.29 is 92.7 Å². The predicted molar refractivity (Wildman–Crippen MR) is 363 cm³/mol. The summed E-state index contributed by atoms with van der Waals surface area (Å²) in [5, 5.41) is 8.22. The molecule has 2 saturated heterocycles. The van der Waals surface area contributed by atoms with Crippen LogP contribution >= 0.6 is 0 Å². The first kappa shape index (κ1) is 82.5. The van der Waals surface area contributed by atoms with Crippen LogP contribution in [0.15, 0.2) is 48.6 Å². The fourth-order valence-corrected chi connectivity index (χ4v) is 14.7. The van der Waals surface area contributed by atoms with Gasteiger partial charge in [-0.05, 0) is 124 Å². The van der Waals surface area contributed by atoms with E-state index in [9.17, 15) is 55.1 Å².